The Kier molecular flexibility index (Phi) is 6.01. The summed E-state index contributed by atoms with van der Waals surface area (Å²) in [5.74, 6) is -1.49. The third kappa shape index (κ3) is 4.11. The van der Waals surface area contributed by atoms with Crippen molar-refractivity contribution in [2.24, 2.45) is 0 Å². The van der Waals surface area contributed by atoms with Crippen LogP contribution in [0, 0.1) is 0 Å². The van der Waals surface area contributed by atoms with Gasteiger partial charge in [0, 0.05) is 30.9 Å². The van der Waals surface area contributed by atoms with Crippen molar-refractivity contribution in [3.63, 3.8) is 0 Å². The van der Waals surface area contributed by atoms with E-state index >= 15 is 0 Å². The van der Waals surface area contributed by atoms with E-state index in [4.69, 9.17) is 9.47 Å². The summed E-state index contributed by atoms with van der Waals surface area (Å²) in [7, 11) is 1.29. The molecule has 3 aromatic rings. The predicted molar refractivity (Wildman–Crippen MR) is 130 cm³/mol. The molecule has 182 valence electrons. The minimum atomic E-state index is -0.853. The van der Waals surface area contributed by atoms with Crippen LogP contribution in [0.2, 0.25) is 0 Å². The second-order valence-corrected chi connectivity index (χ2v) is 8.85. The summed E-state index contributed by atoms with van der Waals surface area (Å²) in [6.07, 6.45) is 3.93. The fraction of sp³-hybridized carbons (Fsp3) is 0.214. The Morgan fingerprint density at radius 2 is 1.78 bits per heavy atom. The zero-order valence-electron chi connectivity index (χ0n) is 19.8. The lowest BCUT2D eigenvalue weighted by atomic mass is 9.94. The topological polar surface area (TPSA) is 106 Å². The van der Waals surface area contributed by atoms with E-state index in [0.29, 0.717) is 23.1 Å². The first kappa shape index (κ1) is 23.3. The minimum absolute atomic E-state index is 0.00760. The van der Waals surface area contributed by atoms with Crippen molar-refractivity contribution in [2.45, 2.75) is 32.0 Å². The summed E-state index contributed by atoms with van der Waals surface area (Å²) in [5, 5.41) is 11.4. The van der Waals surface area contributed by atoms with E-state index in [2.05, 4.69) is 4.98 Å². The Morgan fingerprint density at radius 1 is 1.08 bits per heavy atom. The fourth-order valence-corrected chi connectivity index (χ4v) is 4.72. The second kappa shape index (κ2) is 9.30. The van der Waals surface area contributed by atoms with Crippen LogP contribution in [0.15, 0.2) is 72.6 Å². The summed E-state index contributed by atoms with van der Waals surface area (Å²) < 4.78 is 10.5. The van der Waals surface area contributed by atoms with Gasteiger partial charge in [-0.3, -0.25) is 14.6 Å². The lowest BCUT2D eigenvalue weighted by Gasteiger charge is -2.25. The van der Waals surface area contributed by atoms with E-state index in [0.717, 1.165) is 16.9 Å². The number of benzene rings is 2. The van der Waals surface area contributed by atoms with Gasteiger partial charge in [-0.05, 0) is 66.1 Å². The third-order valence-electron chi connectivity index (χ3n) is 6.46. The molecule has 0 radical (unpaired) electrons. The minimum Gasteiger partial charge on any atom is -0.507 e. The molecule has 1 saturated heterocycles. The lowest BCUT2D eigenvalue weighted by Crippen LogP contribution is -2.29. The average molecular weight is 485 g/mol. The van der Waals surface area contributed by atoms with Crippen molar-refractivity contribution in [1.29, 1.82) is 0 Å². The van der Waals surface area contributed by atoms with Crippen molar-refractivity contribution < 1.29 is 29.0 Å². The number of rotatable bonds is 5. The molecular formula is C28H24N2O6. The SMILES string of the molecule is COC(=O)c1ccc([C@H]2/C(=C(\O)c3ccc4c(c3)C[C@H](C)O4)C(=O)C(=O)N2Cc2ccncc2)cc1. The molecule has 1 fully saturated rings. The Bertz CT molecular complexity index is 1380. The number of ketones is 1. The van der Waals surface area contributed by atoms with Crippen LogP contribution in [-0.4, -0.2) is 45.9 Å². The van der Waals surface area contributed by atoms with Gasteiger partial charge in [0.15, 0.2) is 0 Å². The Hall–Kier alpha value is -4.46. The second-order valence-electron chi connectivity index (χ2n) is 8.85. The highest BCUT2D eigenvalue weighted by molar-refractivity contribution is 6.46. The number of esters is 1. The van der Waals surface area contributed by atoms with Gasteiger partial charge in [0.2, 0.25) is 0 Å². The zero-order chi connectivity index (χ0) is 25.4. The van der Waals surface area contributed by atoms with Gasteiger partial charge in [-0.15, -0.1) is 0 Å². The van der Waals surface area contributed by atoms with Crippen molar-refractivity contribution in [2.75, 3.05) is 7.11 Å². The summed E-state index contributed by atoms with van der Waals surface area (Å²) in [4.78, 5) is 43.9. The van der Waals surface area contributed by atoms with Gasteiger partial charge in [0.05, 0.1) is 24.3 Å². The van der Waals surface area contributed by atoms with Crippen LogP contribution in [-0.2, 0) is 27.3 Å². The summed E-state index contributed by atoms with van der Waals surface area (Å²) in [5.41, 5.74) is 3.05. The number of hydrogen-bond donors (Lipinski definition) is 1. The molecule has 8 nitrogen and oxygen atoms in total. The number of Topliss-reactive ketones (excluding diaryl/α,β-unsaturated/α-hetero) is 1. The smallest absolute Gasteiger partial charge is 0.337 e. The number of aliphatic hydroxyl groups excluding tert-OH is 1. The first-order chi connectivity index (χ1) is 17.4. The molecule has 0 aliphatic carbocycles. The number of likely N-dealkylation sites (tertiary alicyclic amines) is 1. The van der Waals surface area contributed by atoms with E-state index < -0.39 is 23.7 Å². The summed E-state index contributed by atoms with van der Waals surface area (Å²) in [6, 6.07) is 14.4. The van der Waals surface area contributed by atoms with Gasteiger partial charge in [0.1, 0.15) is 17.6 Å². The van der Waals surface area contributed by atoms with E-state index in [1.165, 1.54) is 12.0 Å². The predicted octanol–water partition coefficient (Wildman–Crippen LogP) is 3.81. The Morgan fingerprint density at radius 3 is 2.47 bits per heavy atom. The van der Waals surface area contributed by atoms with Crippen LogP contribution in [0.3, 0.4) is 0 Å². The molecule has 36 heavy (non-hydrogen) atoms. The number of nitrogens with zero attached hydrogens (tertiary/aromatic N) is 2. The number of hydrogen-bond acceptors (Lipinski definition) is 7. The molecule has 1 aromatic heterocycles. The number of ether oxygens (including phenoxy) is 2. The molecule has 2 aliphatic rings. The molecule has 0 bridgehead atoms. The Labute approximate surface area is 207 Å². The van der Waals surface area contributed by atoms with Gasteiger partial charge in [-0.2, -0.15) is 0 Å². The van der Waals surface area contributed by atoms with Crippen LogP contribution >= 0.6 is 0 Å². The van der Waals surface area contributed by atoms with Gasteiger partial charge >= 0.3 is 5.97 Å². The van der Waals surface area contributed by atoms with Crippen LogP contribution in [0.4, 0.5) is 0 Å². The molecule has 2 aliphatic heterocycles. The third-order valence-corrected chi connectivity index (χ3v) is 6.46. The molecule has 2 atom stereocenters. The van der Waals surface area contributed by atoms with Crippen LogP contribution in [0.25, 0.3) is 5.76 Å². The Balaban J connectivity index is 1.62. The highest BCUT2D eigenvalue weighted by atomic mass is 16.5. The maximum atomic E-state index is 13.3. The van der Waals surface area contributed by atoms with Crippen LogP contribution < -0.4 is 4.74 Å². The number of carbonyl (C=O) groups excluding carboxylic acids is 3. The van der Waals surface area contributed by atoms with E-state index in [-0.39, 0.29) is 24.0 Å². The molecule has 0 spiro atoms. The lowest BCUT2D eigenvalue weighted by molar-refractivity contribution is -0.140. The maximum Gasteiger partial charge on any atom is 0.337 e. The first-order valence-electron chi connectivity index (χ1n) is 11.5. The number of methoxy groups -OCH3 is 1. The standard InChI is InChI=1S/C28H24N2O6/c1-16-13-21-14-20(7-8-22(21)36-16)25(31)23-24(18-3-5-19(6-4-18)28(34)35-2)30(27(33)26(23)32)15-17-9-11-29-12-10-17/h3-12,14,16,24,31H,13,15H2,1-2H3/b25-23+/t16-,24-/m0/s1. The van der Waals surface area contributed by atoms with Crippen molar-refractivity contribution in [1.82, 2.24) is 9.88 Å². The van der Waals surface area contributed by atoms with Gasteiger partial charge in [-0.1, -0.05) is 12.1 Å². The van der Waals surface area contributed by atoms with Crippen molar-refractivity contribution >= 4 is 23.4 Å². The van der Waals surface area contributed by atoms with Crippen molar-refractivity contribution in [3.05, 3.63) is 100 Å². The summed E-state index contributed by atoms with van der Waals surface area (Å²) in [6.45, 7) is 2.10. The largest absolute Gasteiger partial charge is 0.507 e. The average Bonchev–Trinajstić information content (AvgIpc) is 3.39. The van der Waals surface area contributed by atoms with E-state index in [1.54, 1.807) is 67.0 Å². The fourth-order valence-electron chi connectivity index (χ4n) is 4.72. The number of amides is 1. The molecule has 1 amide bonds. The maximum absolute atomic E-state index is 13.3. The summed E-state index contributed by atoms with van der Waals surface area (Å²) >= 11 is 0. The zero-order valence-corrected chi connectivity index (χ0v) is 19.8. The molecule has 5 rings (SSSR count). The molecule has 0 unspecified atom stereocenters. The monoisotopic (exact) mass is 484 g/mol. The van der Waals surface area contributed by atoms with E-state index in [1.807, 2.05) is 6.92 Å². The number of aliphatic hydroxyl groups is 1. The molecule has 3 heterocycles. The van der Waals surface area contributed by atoms with Crippen LogP contribution in [0.5, 0.6) is 5.75 Å². The number of aromatic nitrogens is 1. The molecule has 2 aromatic carbocycles. The molecule has 0 saturated carbocycles. The highest BCUT2D eigenvalue weighted by Gasteiger charge is 2.46. The quantitative estimate of drug-likeness (QED) is 0.254. The normalized spacial score (nSPS) is 20.2. The van der Waals surface area contributed by atoms with Crippen molar-refractivity contribution in [3.8, 4) is 5.75 Å². The number of carbonyl (C=O) groups is 3. The first-order valence-corrected chi connectivity index (χ1v) is 11.5. The van der Waals surface area contributed by atoms with Gasteiger partial charge in [0.25, 0.3) is 11.7 Å². The van der Waals surface area contributed by atoms with Crippen LogP contribution in [0.1, 0.15) is 45.6 Å². The van der Waals surface area contributed by atoms with E-state index in [9.17, 15) is 19.5 Å². The number of pyridine rings is 1. The molecule has 1 N–H and O–H groups in total. The molecule has 8 heteroatoms. The van der Waals surface area contributed by atoms with Gasteiger partial charge in [-0.25, -0.2) is 4.79 Å². The number of fused-ring (bicyclic) bond motifs is 1. The van der Waals surface area contributed by atoms with Gasteiger partial charge < -0.3 is 19.5 Å². The highest BCUT2D eigenvalue weighted by Crippen LogP contribution is 2.41. The molecular weight excluding hydrogens is 460 g/mol.